The summed E-state index contributed by atoms with van der Waals surface area (Å²) in [6.07, 6.45) is 5.06. The number of benzene rings is 1. The molecule has 102 valence electrons. The minimum Gasteiger partial charge on any atom is -0.508 e. The molecule has 1 aromatic rings. The molecule has 0 unspecified atom stereocenters. The molecule has 1 aliphatic rings. The van der Waals surface area contributed by atoms with Gasteiger partial charge in [-0.3, -0.25) is 0 Å². The average molecular weight is 270 g/mol. The average Bonchev–Trinajstić information content (AvgIpc) is 2.29. The van der Waals surface area contributed by atoms with Crippen molar-refractivity contribution in [1.29, 1.82) is 0 Å². The van der Waals surface area contributed by atoms with Gasteiger partial charge in [0.1, 0.15) is 5.75 Å². The maximum atomic E-state index is 9.67. The monoisotopic (exact) mass is 269 g/mol. The van der Waals surface area contributed by atoms with Crippen molar-refractivity contribution < 1.29 is 5.11 Å². The van der Waals surface area contributed by atoms with E-state index < -0.39 is 0 Å². The summed E-state index contributed by atoms with van der Waals surface area (Å²) in [4.78, 5) is 2.34. The van der Waals surface area contributed by atoms with Gasteiger partial charge in [0, 0.05) is 11.5 Å². The molecule has 18 heavy (non-hydrogen) atoms. The van der Waals surface area contributed by atoms with Crippen LogP contribution in [0.5, 0.6) is 5.75 Å². The summed E-state index contributed by atoms with van der Waals surface area (Å²) in [6, 6.07) is 8.36. The Morgan fingerprint density at radius 1 is 1.28 bits per heavy atom. The third-order valence-corrected chi connectivity index (χ3v) is 4.29. The number of hydrogen-bond acceptors (Lipinski definition) is 2. The molecule has 0 saturated heterocycles. The zero-order chi connectivity index (χ0) is 12.5. The van der Waals surface area contributed by atoms with E-state index in [1.54, 1.807) is 6.07 Å². The first-order chi connectivity index (χ1) is 8.04. The van der Waals surface area contributed by atoms with Crippen LogP contribution in [-0.4, -0.2) is 30.1 Å². The topological polar surface area (TPSA) is 23.5 Å². The maximum absolute atomic E-state index is 9.67. The molecule has 1 aromatic carbocycles. The van der Waals surface area contributed by atoms with Crippen LogP contribution in [0.25, 0.3) is 0 Å². The predicted molar refractivity (Wildman–Crippen MR) is 78.6 cm³/mol. The van der Waals surface area contributed by atoms with E-state index in [9.17, 15) is 5.11 Å². The van der Waals surface area contributed by atoms with Crippen molar-refractivity contribution in [3.05, 3.63) is 29.8 Å². The largest absolute Gasteiger partial charge is 0.508 e. The fourth-order valence-corrected chi connectivity index (χ4v) is 3.34. The van der Waals surface area contributed by atoms with Crippen molar-refractivity contribution in [3.8, 4) is 5.75 Å². The number of aromatic hydroxyl groups is 1. The third-order valence-electron chi connectivity index (χ3n) is 4.29. The summed E-state index contributed by atoms with van der Waals surface area (Å²) in [5, 5.41) is 9.67. The molecule has 0 aliphatic heterocycles. The molecule has 0 aromatic heterocycles. The lowest BCUT2D eigenvalue weighted by Gasteiger charge is -2.45. The van der Waals surface area contributed by atoms with Crippen LogP contribution in [0.1, 0.15) is 38.2 Å². The molecule has 0 bridgehead atoms. The first-order valence-corrected chi connectivity index (χ1v) is 6.50. The lowest BCUT2D eigenvalue weighted by Crippen LogP contribution is -2.48. The summed E-state index contributed by atoms with van der Waals surface area (Å²) in [6.45, 7) is 2.34. The van der Waals surface area contributed by atoms with E-state index in [4.69, 9.17) is 0 Å². The van der Waals surface area contributed by atoms with Crippen molar-refractivity contribution in [2.75, 3.05) is 14.1 Å². The van der Waals surface area contributed by atoms with Gasteiger partial charge in [0.05, 0.1) is 0 Å². The summed E-state index contributed by atoms with van der Waals surface area (Å²) >= 11 is 0. The lowest BCUT2D eigenvalue weighted by atomic mass is 9.67. The predicted octanol–water partition coefficient (Wildman–Crippen LogP) is 3.58. The number of halogens is 1. The molecule has 1 N–H and O–H groups in total. The standard InChI is InChI=1S/C15H23NO.ClH/c1-15(12-7-6-8-13(17)11-12)10-5-4-9-14(15)16(2)3;/h6-8,11,14,17H,4-5,9-10H2,1-3H3;1H/t14-,15-;/m1./s1. The molecule has 2 rings (SSSR count). The van der Waals surface area contributed by atoms with Crippen LogP contribution in [0.3, 0.4) is 0 Å². The molecule has 2 nitrogen and oxygen atoms in total. The Balaban J connectivity index is 0.00000162. The zero-order valence-electron chi connectivity index (χ0n) is 11.5. The van der Waals surface area contributed by atoms with Gasteiger partial charge in [-0.1, -0.05) is 31.9 Å². The van der Waals surface area contributed by atoms with E-state index in [2.05, 4.69) is 32.0 Å². The molecule has 0 amide bonds. The van der Waals surface area contributed by atoms with Gasteiger partial charge in [-0.15, -0.1) is 12.4 Å². The number of rotatable bonds is 2. The van der Waals surface area contributed by atoms with E-state index in [0.717, 1.165) is 0 Å². The molecular weight excluding hydrogens is 246 g/mol. The Labute approximate surface area is 116 Å². The second kappa shape index (κ2) is 5.94. The second-order valence-electron chi connectivity index (χ2n) is 5.69. The zero-order valence-corrected chi connectivity index (χ0v) is 12.3. The number of phenols is 1. The number of phenolic OH excluding ortho intramolecular Hbond substituents is 1. The molecule has 0 radical (unpaired) electrons. The lowest BCUT2D eigenvalue weighted by molar-refractivity contribution is 0.133. The fraction of sp³-hybridized carbons (Fsp3) is 0.600. The number of nitrogens with zero attached hydrogens (tertiary/aromatic N) is 1. The van der Waals surface area contributed by atoms with E-state index >= 15 is 0 Å². The number of likely N-dealkylation sites (N-methyl/N-ethyl adjacent to an activating group) is 1. The van der Waals surface area contributed by atoms with Crippen LogP contribution in [0, 0.1) is 0 Å². The van der Waals surface area contributed by atoms with Gasteiger partial charge in [-0.25, -0.2) is 0 Å². The van der Waals surface area contributed by atoms with Crippen molar-refractivity contribution in [2.24, 2.45) is 0 Å². The summed E-state index contributed by atoms with van der Waals surface area (Å²) in [5.41, 5.74) is 1.44. The van der Waals surface area contributed by atoms with E-state index in [1.165, 1.54) is 31.2 Å². The third kappa shape index (κ3) is 2.81. The van der Waals surface area contributed by atoms with Crippen LogP contribution in [0.4, 0.5) is 0 Å². The molecule has 2 atom stereocenters. The van der Waals surface area contributed by atoms with Crippen LogP contribution >= 0.6 is 12.4 Å². The highest BCUT2D eigenvalue weighted by atomic mass is 35.5. The molecule has 0 heterocycles. The van der Waals surface area contributed by atoms with Crippen molar-refractivity contribution in [1.82, 2.24) is 4.90 Å². The Hall–Kier alpha value is -0.730. The highest BCUT2D eigenvalue weighted by molar-refractivity contribution is 5.85. The van der Waals surface area contributed by atoms with Gasteiger partial charge >= 0.3 is 0 Å². The van der Waals surface area contributed by atoms with Crippen LogP contribution in [0.2, 0.25) is 0 Å². The molecule has 1 aliphatic carbocycles. The minimum atomic E-state index is 0. The first-order valence-electron chi connectivity index (χ1n) is 6.50. The van der Waals surface area contributed by atoms with Crippen LogP contribution < -0.4 is 0 Å². The van der Waals surface area contributed by atoms with E-state index in [0.29, 0.717) is 11.8 Å². The van der Waals surface area contributed by atoms with E-state index in [1.807, 2.05) is 12.1 Å². The Kier molecular flexibility index (Phi) is 5.06. The van der Waals surface area contributed by atoms with Gasteiger partial charge < -0.3 is 10.0 Å². The van der Waals surface area contributed by atoms with Crippen molar-refractivity contribution in [2.45, 2.75) is 44.1 Å². The van der Waals surface area contributed by atoms with Gasteiger partial charge in [0.25, 0.3) is 0 Å². The molecule has 3 heteroatoms. The van der Waals surface area contributed by atoms with Gasteiger partial charge in [0.15, 0.2) is 0 Å². The van der Waals surface area contributed by atoms with Crippen LogP contribution in [-0.2, 0) is 5.41 Å². The van der Waals surface area contributed by atoms with Crippen molar-refractivity contribution in [3.63, 3.8) is 0 Å². The minimum absolute atomic E-state index is 0. The smallest absolute Gasteiger partial charge is 0.115 e. The molecule has 1 fully saturated rings. The summed E-state index contributed by atoms with van der Waals surface area (Å²) < 4.78 is 0. The van der Waals surface area contributed by atoms with Gasteiger partial charge in [0.2, 0.25) is 0 Å². The Morgan fingerprint density at radius 2 is 2.00 bits per heavy atom. The Morgan fingerprint density at radius 3 is 2.61 bits per heavy atom. The fourth-order valence-electron chi connectivity index (χ4n) is 3.34. The quantitative estimate of drug-likeness (QED) is 0.887. The Bertz CT molecular complexity index is 394. The first kappa shape index (κ1) is 15.3. The van der Waals surface area contributed by atoms with Crippen molar-refractivity contribution >= 4 is 12.4 Å². The maximum Gasteiger partial charge on any atom is 0.115 e. The molecule has 1 saturated carbocycles. The number of hydrogen-bond donors (Lipinski definition) is 1. The van der Waals surface area contributed by atoms with Gasteiger partial charge in [-0.2, -0.15) is 0 Å². The molecular formula is C15H24ClNO. The highest BCUT2D eigenvalue weighted by Crippen LogP contribution is 2.41. The normalized spacial score (nSPS) is 27.9. The van der Waals surface area contributed by atoms with E-state index in [-0.39, 0.29) is 17.8 Å². The van der Waals surface area contributed by atoms with Gasteiger partial charge in [-0.05, 0) is 44.6 Å². The highest BCUT2D eigenvalue weighted by Gasteiger charge is 2.39. The summed E-state index contributed by atoms with van der Waals surface area (Å²) in [7, 11) is 4.33. The second-order valence-corrected chi connectivity index (χ2v) is 5.69. The summed E-state index contributed by atoms with van der Waals surface area (Å²) in [5.74, 6) is 0.381. The SMILES string of the molecule is CN(C)[C@@H]1CCCC[C@]1(C)c1cccc(O)c1.Cl. The van der Waals surface area contributed by atoms with Crippen LogP contribution in [0.15, 0.2) is 24.3 Å². The molecule has 0 spiro atoms.